The van der Waals surface area contributed by atoms with Crippen molar-refractivity contribution < 1.29 is 47.1 Å². The molecule has 73 heavy (non-hydrogen) atoms. The van der Waals surface area contributed by atoms with E-state index < -0.39 is 77.9 Å². The molecule has 4 aromatic carbocycles. The van der Waals surface area contributed by atoms with Gasteiger partial charge in [0.25, 0.3) is 0 Å². The number of piperidine rings is 1. The number of nitrogens with two attached hydrogens (primary N) is 1. The van der Waals surface area contributed by atoms with E-state index in [0.29, 0.717) is 36.9 Å². The lowest BCUT2D eigenvalue weighted by molar-refractivity contribution is -0.157. The molecule has 4 aromatic rings. The minimum Gasteiger partial charge on any atom is -0.460 e. The summed E-state index contributed by atoms with van der Waals surface area (Å²) in [7, 11) is -3.64. The van der Waals surface area contributed by atoms with Crippen molar-refractivity contribution in [1.82, 2.24) is 26.2 Å². The number of hydrogen-bond donors (Lipinski definition) is 5. The molecular weight excluding hydrogens is 948 g/mol. The van der Waals surface area contributed by atoms with Gasteiger partial charge in [0.05, 0.1) is 36.1 Å². The highest BCUT2D eigenvalue weighted by Crippen LogP contribution is 2.57. The minimum atomic E-state index is -3.64. The average Bonchev–Trinajstić information content (AvgIpc) is 3.29. The molecule has 1 aliphatic heterocycles. The van der Waals surface area contributed by atoms with Crippen LogP contribution >= 0.6 is 7.60 Å². The molecule has 1 fully saturated rings. The molecule has 16 nitrogen and oxygen atoms in total. The number of ether oxygens (including phenoxy) is 1. The van der Waals surface area contributed by atoms with E-state index in [2.05, 4.69) is 21.3 Å². The number of carbonyl (C=O) groups excluding carboxylic acids is 6. The molecule has 6 N–H and O–H groups in total. The quantitative estimate of drug-likeness (QED) is 0.0289. The lowest BCUT2D eigenvalue weighted by Gasteiger charge is -2.42. The second kappa shape index (κ2) is 25.2. The summed E-state index contributed by atoms with van der Waals surface area (Å²) >= 11 is 0. The molecule has 17 heteroatoms. The highest BCUT2D eigenvalue weighted by molar-refractivity contribution is 7.53. The van der Waals surface area contributed by atoms with Crippen molar-refractivity contribution >= 4 is 54.0 Å². The molecule has 0 spiro atoms. The Morgan fingerprint density at radius 3 is 1.89 bits per heavy atom. The molecule has 0 saturated carbocycles. The van der Waals surface area contributed by atoms with Gasteiger partial charge in [0, 0.05) is 26.2 Å². The third-order valence-electron chi connectivity index (χ3n) is 12.0. The standard InChI is InChI=1S/C56H77N6O10P/c1-53(2,3)70-48(64)36-44(35-40-24-26-41(27-25-40)38-73(69,71-54(4,5)6)72-55(7,8)9)49(65)61-56(29-33-62(34-30-56)52(68)59-32-28-39-17-11-10-12-18-39)51(67)60-46(37-47(57)63)50(66)58-31-16-22-43-21-15-20-42-19-13-14-23-45(42)43/h10-15,17-21,23-27,44,46H,16,22,28-38H2,1-9H3,(H2,57,63)(H,58,66)(H,59,68)(H,60,67)(H,61,65)/t44-,46+/m1/s1. The van der Waals surface area contributed by atoms with Crippen LogP contribution in [-0.4, -0.2) is 95.1 Å². The van der Waals surface area contributed by atoms with Crippen LogP contribution in [0.4, 0.5) is 4.79 Å². The van der Waals surface area contributed by atoms with Crippen molar-refractivity contribution in [2.45, 2.75) is 148 Å². The number of benzene rings is 4. The largest absolute Gasteiger partial charge is 0.460 e. The van der Waals surface area contributed by atoms with Gasteiger partial charge >= 0.3 is 19.6 Å². The number of carbonyl (C=O) groups is 6. The molecule has 1 saturated heterocycles. The summed E-state index contributed by atoms with van der Waals surface area (Å²) in [5, 5.41) is 13.7. The van der Waals surface area contributed by atoms with Gasteiger partial charge in [-0.05, 0) is 134 Å². The number of urea groups is 1. The molecule has 5 rings (SSSR count). The van der Waals surface area contributed by atoms with Crippen molar-refractivity contribution in [3.8, 4) is 0 Å². The predicted molar refractivity (Wildman–Crippen MR) is 283 cm³/mol. The van der Waals surface area contributed by atoms with Crippen LogP contribution in [0.25, 0.3) is 10.8 Å². The van der Waals surface area contributed by atoms with Gasteiger partial charge in [0.1, 0.15) is 17.2 Å². The summed E-state index contributed by atoms with van der Waals surface area (Å²) in [5.74, 6) is -4.54. The molecule has 0 bridgehead atoms. The van der Waals surface area contributed by atoms with E-state index in [1.807, 2.05) is 72.8 Å². The van der Waals surface area contributed by atoms with Gasteiger partial charge in [-0.1, -0.05) is 97.1 Å². The van der Waals surface area contributed by atoms with Gasteiger partial charge in [-0.15, -0.1) is 0 Å². The molecule has 2 atom stereocenters. The molecule has 1 aliphatic rings. The van der Waals surface area contributed by atoms with E-state index in [-0.39, 0.29) is 57.5 Å². The number of likely N-dealkylation sites (tertiary alicyclic amines) is 1. The lowest BCUT2D eigenvalue weighted by atomic mass is 9.84. The zero-order chi connectivity index (χ0) is 53.6. The fourth-order valence-corrected chi connectivity index (χ4v) is 11.3. The van der Waals surface area contributed by atoms with Crippen LogP contribution in [0, 0.1) is 5.92 Å². The first-order valence-corrected chi connectivity index (χ1v) is 27.0. The highest BCUT2D eigenvalue weighted by Gasteiger charge is 2.46. The Bertz CT molecular complexity index is 2550. The molecule has 396 valence electrons. The fraction of sp³-hybridized carbons (Fsp3) is 0.500. The molecule has 0 unspecified atom stereocenters. The van der Waals surface area contributed by atoms with Crippen LogP contribution in [0.2, 0.25) is 0 Å². The summed E-state index contributed by atoms with van der Waals surface area (Å²) in [6.07, 6.45) is 0.880. The number of hydrogen-bond acceptors (Lipinski definition) is 10. The topological polar surface area (TPSA) is 225 Å². The Labute approximate surface area is 431 Å². The maximum atomic E-state index is 14.8. The van der Waals surface area contributed by atoms with Crippen LogP contribution in [-0.2, 0) is 67.7 Å². The number of rotatable bonds is 22. The van der Waals surface area contributed by atoms with E-state index in [0.717, 1.165) is 21.9 Å². The van der Waals surface area contributed by atoms with Crippen molar-refractivity contribution in [3.63, 3.8) is 0 Å². The minimum absolute atomic E-state index is 0.0107. The highest BCUT2D eigenvalue weighted by atomic mass is 31.2. The van der Waals surface area contributed by atoms with Gasteiger partial charge in [0.2, 0.25) is 23.6 Å². The second-order valence-electron chi connectivity index (χ2n) is 21.9. The van der Waals surface area contributed by atoms with Gasteiger partial charge < -0.3 is 45.7 Å². The summed E-state index contributed by atoms with van der Waals surface area (Å²) in [6.45, 7) is 16.7. The van der Waals surface area contributed by atoms with Crippen LogP contribution < -0.4 is 27.0 Å². The number of fused-ring (bicyclic) bond motifs is 1. The van der Waals surface area contributed by atoms with E-state index in [1.54, 1.807) is 91.5 Å². The van der Waals surface area contributed by atoms with Crippen molar-refractivity contribution in [1.29, 1.82) is 0 Å². The maximum absolute atomic E-state index is 14.8. The molecule has 0 aromatic heterocycles. The van der Waals surface area contributed by atoms with Crippen LogP contribution in [0.3, 0.4) is 0 Å². The number of primary amides is 1. The number of aryl methyl sites for hydroxylation is 1. The number of nitrogens with zero attached hydrogens (tertiary/aromatic N) is 1. The third kappa shape index (κ3) is 19.0. The Morgan fingerprint density at radius 2 is 1.27 bits per heavy atom. The van der Waals surface area contributed by atoms with E-state index in [9.17, 15) is 33.3 Å². The number of amides is 6. The normalized spacial score (nSPS) is 14.9. The number of nitrogens with one attached hydrogen (secondary N) is 4. The van der Waals surface area contributed by atoms with E-state index in [4.69, 9.17) is 19.5 Å². The average molecular weight is 1030 g/mol. The molecule has 6 amide bonds. The second-order valence-corrected chi connectivity index (χ2v) is 23.8. The Morgan fingerprint density at radius 1 is 0.671 bits per heavy atom. The first-order valence-electron chi connectivity index (χ1n) is 25.2. The molecule has 0 radical (unpaired) electrons. The predicted octanol–water partition coefficient (Wildman–Crippen LogP) is 8.07. The van der Waals surface area contributed by atoms with Gasteiger partial charge in [-0.25, -0.2) is 4.79 Å². The van der Waals surface area contributed by atoms with E-state index >= 15 is 0 Å². The molecular formula is C56H77N6O10P. The van der Waals surface area contributed by atoms with Gasteiger partial charge in [-0.2, -0.15) is 0 Å². The summed E-state index contributed by atoms with van der Waals surface area (Å²) in [6, 6.07) is 29.2. The van der Waals surface area contributed by atoms with Crippen LogP contribution in [0.1, 0.15) is 117 Å². The van der Waals surface area contributed by atoms with Gasteiger partial charge in [-0.3, -0.25) is 28.5 Å². The Kier molecular flexibility index (Phi) is 20.0. The third-order valence-corrected chi connectivity index (χ3v) is 14.4. The zero-order valence-electron chi connectivity index (χ0n) is 44.1. The first-order chi connectivity index (χ1) is 34.2. The Hall–Kier alpha value is -6.09. The molecule has 1 heterocycles. The lowest BCUT2D eigenvalue weighted by Crippen LogP contribution is -2.67. The zero-order valence-corrected chi connectivity index (χ0v) is 45.0. The summed E-state index contributed by atoms with van der Waals surface area (Å²) in [5.41, 5.74) is 5.08. The van der Waals surface area contributed by atoms with Gasteiger partial charge in [0.15, 0.2) is 0 Å². The fourth-order valence-electron chi connectivity index (χ4n) is 8.79. The SMILES string of the molecule is CC(C)(C)OC(=O)C[C@@H](Cc1ccc(CP(=O)(OC(C)(C)C)OC(C)(C)C)cc1)C(=O)NC1(C(=O)N[C@@H](CC(N)=O)C(=O)NCCCc2cccc3ccccc23)CCN(C(=O)NCCc2ccccc2)CC1. The van der Waals surface area contributed by atoms with Crippen molar-refractivity contribution in [2.24, 2.45) is 11.7 Å². The smallest absolute Gasteiger partial charge is 0.336 e. The maximum Gasteiger partial charge on any atom is 0.336 e. The Balaban J connectivity index is 1.37. The van der Waals surface area contributed by atoms with Crippen molar-refractivity contribution in [3.05, 3.63) is 119 Å². The summed E-state index contributed by atoms with van der Waals surface area (Å²) < 4.78 is 31.8. The summed E-state index contributed by atoms with van der Waals surface area (Å²) in [4.78, 5) is 84.3. The van der Waals surface area contributed by atoms with Crippen molar-refractivity contribution in [2.75, 3.05) is 26.2 Å². The van der Waals surface area contributed by atoms with Crippen LogP contribution in [0.15, 0.2) is 97.1 Å². The van der Waals surface area contributed by atoms with Crippen LogP contribution in [0.5, 0.6) is 0 Å². The van der Waals surface area contributed by atoms with E-state index in [1.165, 1.54) is 0 Å². The number of esters is 1. The monoisotopic (exact) mass is 1020 g/mol. The molecule has 0 aliphatic carbocycles. The first kappa shape index (κ1) is 57.8.